The summed E-state index contributed by atoms with van der Waals surface area (Å²) in [6.45, 7) is 1.49. The molecule has 0 aliphatic rings. The third-order valence-corrected chi connectivity index (χ3v) is 3.98. The first kappa shape index (κ1) is 21.3. The van der Waals surface area contributed by atoms with Crippen LogP contribution in [0.25, 0.3) is 0 Å². The highest BCUT2D eigenvalue weighted by Gasteiger charge is 2.19. The predicted molar refractivity (Wildman–Crippen MR) is 104 cm³/mol. The van der Waals surface area contributed by atoms with Gasteiger partial charge in [0, 0.05) is 16.7 Å². The summed E-state index contributed by atoms with van der Waals surface area (Å²) in [5.74, 6) is -1.01. The number of aromatic hydroxyl groups is 1. The third kappa shape index (κ3) is 5.24. The molecule has 1 atom stereocenters. The van der Waals surface area contributed by atoms with Crippen molar-refractivity contribution in [3.63, 3.8) is 0 Å². The van der Waals surface area contributed by atoms with Gasteiger partial charge in [-0.3, -0.25) is 14.9 Å². The summed E-state index contributed by atoms with van der Waals surface area (Å²) < 4.78 is 10.3. The fourth-order valence-corrected chi connectivity index (χ4v) is 2.51. The first-order valence-electron chi connectivity index (χ1n) is 7.73. The molecule has 1 unspecified atom stereocenters. The van der Waals surface area contributed by atoms with Crippen molar-refractivity contribution in [2.75, 3.05) is 7.11 Å². The lowest BCUT2D eigenvalue weighted by Crippen LogP contribution is -2.33. The summed E-state index contributed by atoms with van der Waals surface area (Å²) in [4.78, 5) is 22.3. The number of methoxy groups -OCH3 is 1. The third-order valence-electron chi connectivity index (χ3n) is 3.45. The predicted octanol–water partition coefficient (Wildman–Crippen LogP) is 3.53. The molecule has 1 amide bonds. The smallest absolute Gasteiger partial charge is 0.315 e. The average molecular weight is 428 g/mol. The molecule has 0 spiro atoms. The van der Waals surface area contributed by atoms with Gasteiger partial charge in [-0.1, -0.05) is 23.2 Å². The largest absolute Gasteiger partial charge is 0.500 e. The van der Waals surface area contributed by atoms with E-state index in [1.54, 1.807) is 6.07 Å². The fraction of sp³-hybridized carbons (Fsp3) is 0.176. The molecular weight excluding hydrogens is 413 g/mol. The molecule has 0 saturated heterocycles. The number of phenolic OH excluding ortho intramolecular Hbond substituents is 1. The highest BCUT2D eigenvalue weighted by atomic mass is 35.5. The van der Waals surface area contributed by atoms with Crippen LogP contribution in [0.3, 0.4) is 0 Å². The number of rotatable bonds is 7. The van der Waals surface area contributed by atoms with Crippen LogP contribution in [-0.4, -0.2) is 35.4 Å². The van der Waals surface area contributed by atoms with Crippen LogP contribution < -0.4 is 14.9 Å². The summed E-state index contributed by atoms with van der Waals surface area (Å²) in [5, 5.41) is 25.1. The SMILES string of the molecule is COc1cc(/C=N\NC(=O)C(C)Oc2ccc(Cl)cc2Cl)cc([N+](=O)[O-])c1O. The van der Waals surface area contributed by atoms with Crippen molar-refractivity contribution >= 4 is 41.0 Å². The van der Waals surface area contributed by atoms with Crippen molar-refractivity contribution in [1.82, 2.24) is 5.43 Å². The highest BCUT2D eigenvalue weighted by molar-refractivity contribution is 6.35. The number of carbonyl (C=O) groups is 1. The van der Waals surface area contributed by atoms with Gasteiger partial charge in [-0.15, -0.1) is 0 Å². The van der Waals surface area contributed by atoms with Crippen molar-refractivity contribution < 1.29 is 24.3 Å². The molecule has 2 aromatic carbocycles. The number of amides is 1. The van der Waals surface area contributed by atoms with Gasteiger partial charge >= 0.3 is 5.69 Å². The Morgan fingerprint density at radius 1 is 1.32 bits per heavy atom. The number of nitrogens with one attached hydrogen (secondary N) is 1. The molecule has 2 rings (SSSR count). The molecule has 0 heterocycles. The molecule has 0 aliphatic carbocycles. The van der Waals surface area contributed by atoms with Gasteiger partial charge in [0.2, 0.25) is 5.75 Å². The molecule has 0 bridgehead atoms. The Morgan fingerprint density at radius 3 is 2.64 bits per heavy atom. The minimum atomic E-state index is -0.931. The maximum absolute atomic E-state index is 12.1. The number of nitro groups is 1. The second-order valence-corrected chi connectivity index (χ2v) is 6.26. The molecule has 0 aliphatic heterocycles. The lowest BCUT2D eigenvalue weighted by atomic mass is 10.2. The number of hydrogen-bond acceptors (Lipinski definition) is 7. The molecule has 0 saturated carbocycles. The Morgan fingerprint density at radius 2 is 2.04 bits per heavy atom. The molecule has 0 fully saturated rings. The minimum Gasteiger partial charge on any atom is -0.500 e. The molecule has 2 aromatic rings. The van der Waals surface area contributed by atoms with Gasteiger partial charge in [-0.05, 0) is 31.2 Å². The van der Waals surface area contributed by atoms with Crippen molar-refractivity contribution in [3.8, 4) is 17.2 Å². The lowest BCUT2D eigenvalue weighted by Gasteiger charge is -2.14. The molecule has 2 N–H and O–H groups in total. The van der Waals surface area contributed by atoms with Crippen LogP contribution >= 0.6 is 23.2 Å². The van der Waals surface area contributed by atoms with Crippen LogP contribution in [0.5, 0.6) is 17.2 Å². The van der Waals surface area contributed by atoms with E-state index in [2.05, 4.69) is 10.5 Å². The van der Waals surface area contributed by atoms with E-state index < -0.39 is 28.4 Å². The molecule has 11 heteroatoms. The van der Waals surface area contributed by atoms with E-state index in [0.717, 1.165) is 12.3 Å². The number of hydrazone groups is 1. The summed E-state index contributed by atoms with van der Waals surface area (Å²) in [6.07, 6.45) is 0.231. The average Bonchev–Trinajstić information content (AvgIpc) is 2.64. The molecular formula is C17H15Cl2N3O6. The summed E-state index contributed by atoms with van der Waals surface area (Å²) in [7, 11) is 1.25. The van der Waals surface area contributed by atoms with E-state index in [0.29, 0.717) is 5.02 Å². The molecule has 148 valence electrons. The van der Waals surface area contributed by atoms with Gasteiger partial charge in [0.05, 0.1) is 23.3 Å². The van der Waals surface area contributed by atoms with Gasteiger partial charge < -0.3 is 14.6 Å². The molecule has 28 heavy (non-hydrogen) atoms. The Kier molecular flexibility index (Phi) is 7.02. The number of halogens is 2. The topological polar surface area (TPSA) is 123 Å². The van der Waals surface area contributed by atoms with Gasteiger partial charge in [0.25, 0.3) is 5.91 Å². The summed E-state index contributed by atoms with van der Waals surface area (Å²) in [5.41, 5.74) is 1.92. The molecule has 0 aromatic heterocycles. The van der Waals surface area contributed by atoms with Crippen LogP contribution in [0, 0.1) is 10.1 Å². The first-order valence-corrected chi connectivity index (χ1v) is 8.48. The first-order chi connectivity index (χ1) is 13.2. The van der Waals surface area contributed by atoms with Crippen molar-refractivity contribution in [1.29, 1.82) is 0 Å². The maximum atomic E-state index is 12.1. The zero-order valence-corrected chi connectivity index (χ0v) is 16.2. The van der Waals surface area contributed by atoms with Gasteiger partial charge in [-0.25, -0.2) is 5.43 Å². The van der Waals surface area contributed by atoms with Crippen LogP contribution in [0.1, 0.15) is 12.5 Å². The Labute approximate surface area is 169 Å². The van der Waals surface area contributed by atoms with E-state index in [-0.39, 0.29) is 22.1 Å². The number of hydrogen-bond donors (Lipinski definition) is 2. The number of carbonyl (C=O) groups excluding carboxylic acids is 1. The standard InChI is InChI=1S/C17H15Cl2N3O6/c1-9(28-14-4-3-11(18)7-12(14)19)17(24)21-20-8-10-5-13(22(25)26)16(23)15(6-10)27-2/h3-9,23H,1-2H3,(H,21,24)/b20-8-. The number of phenols is 1. The highest BCUT2D eigenvalue weighted by Crippen LogP contribution is 2.36. The second kappa shape index (κ2) is 9.25. The maximum Gasteiger partial charge on any atom is 0.315 e. The van der Waals surface area contributed by atoms with E-state index in [4.69, 9.17) is 32.7 Å². The number of ether oxygens (including phenoxy) is 2. The van der Waals surface area contributed by atoms with Crippen molar-refractivity contribution in [2.45, 2.75) is 13.0 Å². The van der Waals surface area contributed by atoms with Gasteiger partial charge in [-0.2, -0.15) is 5.10 Å². The number of nitro benzene ring substituents is 1. The van der Waals surface area contributed by atoms with Crippen LogP contribution in [0.2, 0.25) is 10.0 Å². The fourth-order valence-electron chi connectivity index (χ4n) is 2.06. The normalized spacial score (nSPS) is 11.9. The van der Waals surface area contributed by atoms with E-state index in [1.807, 2.05) is 0 Å². The zero-order valence-electron chi connectivity index (χ0n) is 14.7. The van der Waals surface area contributed by atoms with Crippen LogP contribution in [-0.2, 0) is 4.79 Å². The monoisotopic (exact) mass is 427 g/mol. The Balaban J connectivity index is 2.06. The van der Waals surface area contributed by atoms with Crippen molar-refractivity contribution in [3.05, 3.63) is 56.1 Å². The molecule has 0 radical (unpaired) electrons. The second-order valence-electron chi connectivity index (χ2n) is 5.42. The van der Waals surface area contributed by atoms with E-state index in [1.165, 1.54) is 32.2 Å². The zero-order chi connectivity index (χ0) is 20.8. The van der Waals surface area contributed by atoms with Crippen LogP contribution in [0.4, 0.5) is 5.69 Å². The summed E-state index contributed by atoms with van der Waals surface area (Å²) in [6, 6.07) is 6.98. The van der Waals surface area contributed by atoms with Crippen LogP contribution in [0.15, 0.2) is 35.4 Å². The summed E-state index contributed by atoms with van der Waals surface area (Å²) >= 11 is 11.8. The van der Waals surface area contributed by atoms with E-state index in [9.17, 15) is 20.0 Å². The Bertz CT molecular complexity index is 935. The number of benzene rings is 2. The quantitative estimate of drug-likeness (QED) is 0.395. The van der Waals surface area contributed by atoms with E-state index >= 15 is 0 Å². The minimum absolute atomic E-state index is 0.101. The van der Waals surface area contributed by atoms with Gasteiger partial charge in [0.15, 0.2) is 11.9 Å². The van der Waals surface area contributed by atoms with Crippen molar-refractivity contribution in [2.24, 2.45) is 5.10 Å². The lowest BCUT2D eigenvalue weighted by molar-refractivity contribution is -0.386. The Hall–Kier alpha value is -3.04. The van der Waals surface area contributed by atoms with Gasteiger partial charge in [0.1, 0.15) is 5.75 Å². The molecule has 9 nitrogen and oxygen atoms in total. The number of nitrogens with zero attached hydrogens (tertiary/aromatic N) is 2.